The van der Waals surface area contributed by atoms with Crippen LogP contribution < -0.4 is 4.74 Å². The predicted molar refractivity (Wildman–Crippen MR) is 127 cm³/mol. The summed E-state index contributed by atoms with van der Waals surface area (Å²) in [4.78, 5) is 8.10. The Balaban J connectivity index is 0.00000204. The van der Waals surface area contributed by atoms with Gasteiger partial charge >= 0.3 is 0 Å². The first kappa shape index (κ1) is 25.9. The molecule has 0 aliphatic heterocycles. The van der Waals surface area contributed by atoms with E-state index in [1.54, 1.807) is 11.3 Å². The first-order chi connectivity index (χ1) is 14.0. The SMILES string of the molecule is CC.CCN(CC)CCOCCOc1cccc(-c2nc(Cl)sc2CC(C)C)c1. The zero-order valence-electron chi connectivity index (χ0n) is 18.8. The van der Waals surface area contributed by atoms with Gasteiger partial charge in [0.05, 0.1) is 18.9 Å². The molecule has 4 nitrogen and oxygen atoms in total. The van der Waals surface area contributed by atoms with E-state index >= 15 is 0 Å². The lowest BCUT2D eigenvalue weighted by molar-refractivity contribution is 0.0819. The van der Waals surface area contributed by atoms with E-state index in [2.05, 4.69) is 43.6 Å². The van der Waals surface area contributed by atoms with Gasteiger partial charge in [0.2, 0.25) is 0 Å². The lowest BCUT2D eigenvalue weighted by Gasteiger charge is -2.17. The molecule has 0 aliphatic carbocycles. The third kappa shape index (κ3) is 9.47. The highest BCUT2D eigenvalue weighted by atomic mass is 35.5. The van der Waals surface area contributed by atoms with Crippen LogP contribution in [0.3, 0.4) is 0 Å². The van der Waals surface area contributed by atoms with E-state index in [9.17, 15) is 0 Å². The van der Waals surface area contributed by atoms with Crippen molar-refractivity contribution in [2.24, 2.45) is 5.92 Å². The zero-order valence-corrected chi connectivity index (χ0v) is 20.4. The van der Waals surface area contributed by atoms with E-state index in [-0.39, 0.29) is 0 Å². The Hall–Kier alpha value is -1.14. The molecule has 2 aromatic rings. The van der Waals surface area contributed by atoms with Crippen LogP contribution in [0.5, 0.6) is 5.75 Å². The molecule has 0 unspecified atom stereocenters. The van der Waals surface area contributed by atoms with Gasteiger partial charge < -0.3 is 14.4 Å². The molecule has 0 radical (unpaired) electrons. The molecule has 0 saturated heterocycles. The van der Waals surface area contributed by atoms with Crippen LogP contribution in [0, 0.1) is 5.92 Å². The number of rotatable bonds is 12. The Morgan fingerprint density at radius 2 is 1.83 bits per heavy atom. The third-order valence-corrected chi connectivity index (χ3v) is 5.50. The highest BCUT2D eigenvalue weighted by Gasteiger charge is 2.14. The van der Waals surface area contributed by atoms with Crippen molar-refractivity contribution in [2.45, 2.75) is 48.0 Å². The molecule has 0 bridgehead atoms. The van der Waals surface area contributed by atoms with E-state index in [1.807, 2.05) is 32.0 Å². The monoisotopic (exact) mass is 440 g/mol. The molecular formula is C23H37ClN2O2S. The van der Waals surface area contributed by atoms with Gasteiger partial charge in [0.15, 0.2) is 4.47 Å². The van der Waals surface area contributed by atoms with Crippen LogP contribution in [0.15, 0.2) is 24.3 Å². The Kier molecular flexibility index (Phi) is 13.2. The number of thiazole rings is 1. The van der Waals surface area contributed by atoms with Crippen molar-refractivity contribution in [1.82, 2.24) is 9.88 Å². The van der Waals surface area contributed by atoms with Crippen LogP contribution >= 0.6 is 22.9 Å². The zero-order chi connectivity index (χ0) is 21.6. The second-order valence-corrected chi connectivity index (χ2v) is 8.52. The summed E-state index contributed by atoms with van der Waals surface area (Å²) in [6.45, 7) is 17.7. The van der Waals surface area contributed by atoms with Crippen LogP contribution in [0.25, 0.3) is 11.3 Å². The minimum Gasteiger partial charge on any atom is -0.491 e. The maximum Gasteiger partial charge on any atom is 0.184 e. The molecule has 6 heteroatoms. The molecule has 0 saturated carbocycles. The number of ether oxygens (including phenoxy) is 2. The number of likely N-dealkylation sites (N-methyl/N-ethyl adjacent to an activating group) is 1. The highest BCUT2D eigenvalue weighted by Crippen LogP contribution is 2.34. The van der Waals surface area contributed by atoms with Crippen molar-refractivity contribution in [3.05, 3.63) is 33.6 Å². The Morgan fingerprint density at radius 1 is 1.10 bits per heavy atom. The molecule has 29 heavy (non-hydrogen) atoms. The molecule has 0 fully saturated rings. The van der Waals surface area contributed by atoms with Crippen molar-refractivity contribution in [2.75, 3.05) is 39.5 Å². The molecule has 164 valence electrons. The molecule has 0 spiro atoms. The summed E-state index contributed by atoms with van der Waals surface area (Å²) in [6.07, 6.45) is 0.977. The van der Waals surface area contributed by atoms with Crippen LogP contribution in [0.1, 0.15) is 46.4 Å². The molecule has 1 heterocycles. The molecule has 0 aliphatic rings. The number of hydrogen-bond acceptors (Lipinski definition) is 5. The maximum atomic E-state index is 6.17. The fraction of sp³-hybridized carbons (Fsp3) is 0.609. The Labute approximate surface area is 186 Å². The number of benzene rings is 1. The second-order valence-electron chi connectivity index (χ2n) is 6.85. The smallest absolute Gasteiger partial charge is 0.184 e. The summed E-state index contributed by atoms with van der Waals surface area (Å²) in [6, 6.07) is 8.06. The topological polar surface area (TPSA) is 34.6 Å². The molecular weight excluding hydrogens is 404 g/mol. The number of nitrogens with zero attached hydrogens (tertiary/aromatic N) is 2. The lowest BCUT2D eigenvalue weighted by Crippen LogP contribution is -2.27. The lowest BCUT2D eigenvalue weighted by atomic mass is 10.0. The molecule has 0 amide bonds. The predicted octanol–water partition coefficient (Wildman–Crippen LogP) is 6.43. The Bertz CT molecular complexity index is 687. The number of halogens is 1. The van der Waals surface area contributed by atoms with E-state index in [0.717, 1.165) is 49.7 Å². The quantitative estimate of drug-likeness (QED) is 0.356. The Morgan fingerprint density at radius 3 is 2.48 bits per heavy atom. The normalized spacial score (nSPS) is 10.9. The summed E-state index contributed by atoms with van der Waals surface area (Å²) < 4.78 is 12.1. The van der Waals surface area contributed by atoms with Crippen molar-refractivity contribution in [3.63, 3.8) is 0 Å². The first-order valence-electron chi connectivity index (χ1n) is 10.7. The number of hydrogen-bond donors (Lipinski definition) is 0. The van der Waals surface area contributed by atoms with Crippen molar-refractivity contribution < 1.29 is 9.47 Å². The van der Waals surface area contributed by atoms with Gasteiger partial charge in [-0.25, -0.2) is 4.98 Å². The van der Waals surface area contributed by atoms with Crippen LogP contribution in [0.4, 0.5) is 0 Å². The maximum absolute atomic E-state index is 6.17. The van der Waals surface area contributed by atoms with E-state index in [0.29, 0.717) is 23.6 Å². The average Bonchev–Trinajstić information content (AvgIpc) is 3.08. The first-order valence-corrected chi connectivity index (χ1v) is 11.9. The van der Waals surface area contributed by atoms with Gasteiger partial charge in [-0.1, -0.05) is 65.3 Å². The summed E-state index contributed by atoms with van der Waals surface area (Å²) >= 11 is 7.74. The van der Waals surface area contributed by atoms with Crippen LogP contribution in [0.2, 0.25) is 4.47 Å². The third-order valence-electron chi connectivity index (χ3n) is 4.32. The van der Waals surface area contributed by atoms with Crippen LogP contribution in [-0.4, -0.2) is 49.3 Å². The van der Waals surface area contributed by atoms with Gasteiger partial charge in [-0.05, 0) is 37.6 Å². The minimum atomic E-state index is 0.540. The van der Waals surface area contributed by atoms with E-state index in [1.165, 1.54) is 4.88 Å². The number of aromatic nitrogens is 1. The van der Waals surface area contributed by atoms with Gasteiger partial charge in [-0.3, -0.25) is 0 Å². The largest absolute Gasteiger partial charge is 0.491 e. The van der Waals surface area contributed by atoms with Crippen LogP contribution in [-0.2, 0) is 11.2 Å². The van der Waals surface area contributed by atoms with Crippen molar-refractivity contribution >= 4 is 22.9 Å². The fourth-order valence-electron chi connectivity index (χ4n) is 2.84. The summed E-state index contributed by atoms with van der Waals surface area (Å²) in [5.74, 6) is 1.40. The highest BCUT2D eigenvalue weighted by molar-refractivity contribution is 7.16. The van der Waals surface area contributed by atoms with E-state index in [4.69, 9.17) is 21.1 Å². The molecule has 0 N–H and O–H groups in total. The summed E-state index contributed by atoms with van der Waals surface area (Å²) in [5, 5.41) is 0. The standard InChI is InChI=1S/C21H31ClN2O2S.C2H6/c1-5-24(6-2)10-11-25-12-13-26-18-9-7-8-17(15-18)20-19(14-16(3)4)27-21(22)23-20;1-2/h7-9,15-16H,5-6,10-14H2,1-4H3;1-2H3. The molecule has 0 atom stereocenters. The van der Waals surface area contributed by atoms with Crippen molar-refractivity contribution in [1.29, 1.82) is 0 Å². The van der Waals surface area contributed by atoms with Gasteiger partial charge in [-0.2, -0.15) is 0 Å². The molecule has 2 rings (SSSR count). The molecule has 1 aromatic carbocycles. The molecule has 1 aromatic heterocycles. The van der Waals surface area contributed by atoms with Gasteiger partial charge in [-0.15, -0.1) is 11.3 Å². The summed E-state index contributed by atoms with van der Waals surface area (Å²) in [5.41, 5.74) is 2.02. The minimum absolute atomic E-state index is 0.540. The van der Waals surface area contributed by atoms with Gasteiger partial charge in [0.25, 0.3) is 0 Å². The fourth-order valence-corrected chi connectivity index (χ4v) is 4.23. The summed E-state index contributed by atoms with van der Waals surface area (Å²) in [7, 11) is 0. The van der Waals surface area contributed by atoms with Gasteiger partial charge in [0, 0.05) is 17.0 Å². The second kappa shape index (κ2) is 14.8. The van der Waals surface area contributed by atoms with Gasteiger partial charge in [0.1, 0.15) is 12.4 Å². The average molecular weight is 441 g/mol. The van der Waals surface area contributed by atoms with Crippen molar-refractivity contribution in [3.8, 4) is 17.0 Å². The van der Waals surface area contributed by atoms with E-state index < -0.39 is 0 Å².